The van der Waals surface area contributed by atoms with Crippen LogP contribution in [0.4, 0.5) is 0 Å². The molecule has 2 aliphatic rings. The van der Waals surface area contributed by atoms with Crippen molar-refractivity contribution < 1.29 is 33.6 Å². The second kappa shape index (κ2) is 8.86. The Bertz CT molecular complexity index is 1060. The third-order valence-corrected chi connectivity index (χ3v) is 6.07. The van der Waals surface area contributed by atoms with Gasteiger partial charge in [-0.05, 0) is 46.5 Å². The van der Waals surface area contributed by atoms with Crippen LogP contribution in [0.25, 0.3) is 10.4 Å². The summed E-state index contributed by atoms with van der Waals surface area (Å²) >= 11 is 0. The van der Waals surface area contributed by atoms with Gasteiger partial charge in [-0.15, -0.1) is 0 Å². The van der Waals surface area contributed by atoms with Gasteiger partial charge in [0.15, 0.2) is 23.0 Å². The summed E-state index contributed by atoms with van der Waals surface area (Å²) in [6.45, 7) is 0.276. The fourth-order valence-corrected chi connectivity index (χ4v) is 4.67. The van der Waals surface area contributed by atoms with Crippen molar-refractivity contribution in [1.29, 1.82) is 0 Å². The lowest BCUT2D eigenvalue weighted by Gasteiger charge is -2.40. The van der Waals surface area contributed by atoms with E-state index in [4.69, 9.17) is 23.7 Å². The number of hydrogen-bond donors (Lipinski definition) is 1. The lowest BCUT2D eigenvalue weighted by molar-refractivity contribution is -0.114. The van der Waals surface area contributed by atoms with Crippen LogP contribution >= 0.6 is 0 Å². The number of rotatable bonds is 7. The second-order valence-electron chi connectivity index (χ2n) is 7.57. The smallest absolute Gasteiger partial charge is 0.231 e. The Labute approximate surface area is 184 Å². The number of ether oxygens (including phenoxy) is 5. The number of nitrogens with zero attached hydrogens (tertiary/aromatic N) is 3. The first-order chi connectivity index (χ1) is 15.6. The first-order valence-electron chi connectivity index (χ1n) is 9.94. The maximum Gasteiger partial charge on any atom is 0.231 e. The van der Waals surface area contributed by atoms with Crippen LogP contribution in [0.5, 0.6) is 28.7 Å². The van der Waals surface area contributed by atoms with Crippen molar-refractivity contribution in [2.24, 2.45) is 17.0 Å². The number of carbonyl (C=O) groups excluding carboxylic acids is 1. The molecule has 2 aromatic rings. The van der Waals surface area contributed by atoms with E-state index in [1.807, 2.05) is 6.07 Å². The number of azide groups is 1. The predicted octanol–water partition coefficient (Wildman–Crippen LogP) is 3.71. The lowest BCUT2D eigenvalue weighted by atomic mass is 9.65. The molecule has 0 saturated carbocycles. The third-order valence-electron chi connectivity index (χ3n) is 6.07. The highest BCUT2D eigenvalue weighted by Gasteiger charge is 2.44. The van der Waals surface area contributed by atoms with Gasteiger partial charge in [0.25, 0.3) is 0 Å². The van der Waals surface area contributed by atoms with Crippen molar-refractivity contribution in [3.8, 4) is 28.7 Å². The number of carbonyl (C=O) groups is 1. The van der Waals surface area contributed by atoms with E-state index in [2.05, 4.69) is 10.0 Å². The van der Waals surface area contributed by atoms with Crippen LogP contribution in [0.2, 0.25) is 0 Å². The Morgan fingerprint density at radius 3 is 2.28 bits per heavy atom. The van der Waals surface area contributed by atoms with E-state index in [0.29, 0.717) is 17.1 Å². The van der Waals surface area contributed by atoms with Crippen LogP contribution in [0.15, 0.2) is 29.4 Å². The summed E-state index contributed by atoms with van der Waals surface area (Å²) in [6, 6.07) is 6.31. The average molecular weight is 441 g/mol. The van der Waals surface area contributed by atoms with Crippen molar-refractivity contribution in [3.63, 3.8) is 0 Å². The van der Waals surface area contributed by atoms with E-state index in [9.17, 15) is 15.4 Å². The summed E-state index contributed by atoms with van der Waals surface area (Å²) in [4.78, 5) is 15.5. The molecule has 4 rings (SSSR count). The zero-order valence-electron chi connectivity index (χ0n) is 17.8. The molecule has 4 atom stereocenters. The molecule has 0 fully saturated rings. The minimum absolute atomic E-state index is 0.0779. The van der Waals surface area contributed by atoms with Crippen LogP contribution in [-0.2, 0) is 9.53 Å². The molecule has 2 aromatic carbocycles. The number of phenolic OH excluding ortho intramolecular Hbond substituents is 1. The van der Waals surface area contributed by atoms with Crippen molar-refractivity contribution in [3.05, 3.63) is 51.4 Å². The highest BCUT2D eigenvalue weighted by molar-refractivity contribution is 5.66. The minimum atomic E-state index is -0.642. The first-order valence-corrected chi connectivity index (χ1v) is 9.94. The number of aromatic hydroxyl groups is 1. The van der Waals surface area contributed by atoms with Crippen LogP contribution in [0.1, 0.15) is 28.7 Å². The topological polar surface area (TPSA) is 132 Å². The molecule has 0 saturated heterocycles. The van der Waals surface area contributed by atoms with Crippen molar-refractivity contribution >= 4 is 6.29 Å². The van der Waals surface area contributed by atoms with Crippen LogP contribution in [0, 0.1) is 11.8 Å². The van der Waals surface area contributed by atoms with Gasteiger partial charge in [-0.2, -0.15) is 0 Å². The lowest BCUT2D eigenvalue weighted by Crippen LogP contribution is -2.36. The number of methoxy groups -OCH3 is 3. The quantitative estimate of drug-likeness (QED) is 0.300. The molecular formula is C22H23N3O7. The van der Waals surface area contributed by atoms with Crippen LogP contribution in [0.3, 0.4) is 0 Å². The van der Waals surface area contributed by atoms with Gasteiger partial charge in [-0.3, -0.25) is 0 Å². The molecule has 10 heteroatoms. The zero-order valence-corrected chi connectivity index (χ0v) is 17.8. The molecular weight excluding hydrogens is 418 g/mol. The third kappa shape index (κ3) is 3.43. The fourth-order valence-electron chi connectivity index (χ4n) is 4.67. The Balaban J connectivity index is 2.00. The maximum atomic E-state index is 12.4. The average Bonchev–Trinajstić information content (AvgIpc) is 3.27. The first kappa shape index (κ1) is 21.6. The molecule has 1 aliphatic carbocycles. The normalized spacial score (nSPS) is 23.1. The molecule has 1 heterocycles. The molecule has 10 nitrogen and oxygen atoms in total. The molecule has 0 amide bonds. The Morgan fingerprint density at radius 2 is 1.75 bits per heavy atom. The molecule has 0 aromatic heterocycles. The summed E-state index contributed by atoms with van der Waals surface area (Å²) in [5.74, 6) is -0.120. The van der Waals surface area contributed by atoms with Gasteiger partial charge in [0.2, 0.25) is 12.5 Å². The number of fused-ring (bicyclic) bond motifs is 2. The van der Waals surface area contributed by atoms with Gasteiger partial charge in [0, 0.05) is 29.8 Å². The van der Waals surface area contributed by atoms with Crippen molar-refractivity contribution in [2.75, 3.05) is 34.7 Å². The Morgan fingerprint density at radius 1 is 1.12 bits per heavy atom. The maximum absolute atomic E-state index is 12.4. The highest BCUT2D eigenvalue weighted by Crippen LogP contribution is 2.54. The van der Waals surface area contributed by atoms with E-state index in [0.717, 1.165) is 17.4 Å². The van der Waals surface area contributed by atoms with E-state index >= 15 is 0 Å². The number of hydrogen-bond acceptors (Lipinski definition) is 8. The van der Waals surface area contributed by atoms with E-state index in [1.54, 1.807) is 18.2 Å². The van der Waals surface area contributed by atoms with Crippen molar-refractivity contribution in [1.82, 2.24) is 0 Å². The van der Waals surface area contributed by atoms with Gasteiger partial charge >= 0.3 is 0 Å². The van der Waals surface area contributed by atoms with E-state index in [-0.39, 0.29) is 30.6 Å². The van der Waals surface area contributed by atoms with Gasteiger partial charge in [-0.1, -0.05) is 5.11 Å². The van der Waals surface area contributed by atoms with Gasteiger partial charge in [0.1, 0.15) is 6.29 Å². The summed E-state index contributed by atoms with van der Waals surface area (Å²) in [6.07, 6.45) is 0.855. The van der Waals surface area contributed by atoms with Crippen LogP contribution in [-0.4, -0.2) is 46.1 Å². The monoisotopic (exact) mass is 441 g/mol. The SMILES string of the molecule is COC[C@@H]1C(N=[N+]=[N-])c2cc3c(cc2C(c2cc(OC)c(O)c(OC)c2)C1C=O)OCO3. The van der Waals surface area contributed by atoms with Crippen LogP contribution < -0.4 is 18.9 Å². The molecule has 0 radical (unpaired) electrons. The highest BCUT2D eigenvalue weighted by atomic mass is 16.7. The number of aldehydes is 1. The molecule has 0 bridgehead atoms. The molecule has 168 valence electrons. The van der Waals surface area contributed by atoms with E-state index in [1.165, 1.54) is 21.3 Å². The van der Waals surface area contributed by atoms with E-state index < -0.39 is 23.8 Å². The molecule has 0 spiro atoms. The molecule has 3 unspecified atom stereocenters. The Hall–Kier alpha value is -3.62. The summed E-state index contributed by atoms with van der Waals surface area (Å²) in [7, 11) is 4.41. The fraction of sp³-hybridized carbons (Fsp3) is 0.409. The second-order valence-corrected chi connectivity index (χ2v) is 7.57. The summed E-state index contributed by atoms with van der Waals surface area (Å²) < 4.78 is 27.2. The molecule has 1 aliphatic heterocycles. The van der Waals surface area contributed by atoms with Gasteiger partial charge < -0.3 is 33.6 Å². The summed E-state index contributed by atoms with van der Waals surface area (Å²) in [5, 5.41) is 14.4. The van der Waals surface area contributed by atoms with Gasteiger partial charge in [-0.25, -0.2) is 0 Å². The molecule has 32 heavy (non-hydrogen) atoms. The summed E-state index contributed by atoms with van der Waals surface area (Å²) in [5.41, 5.74) is 11.4. The minimum Gasteiger partial charge on any atom is -0.502 e. The Kier molecular flexibility index (Phi) is 5.98. The van der Waals surface area contributed by atoms with Crippen molar-refractivity contribution in [2.45, 2.75) is 12.0 Å². The standard InChI is InChI=1S/C22H23N3O7/c1-28-9-15-14(8-26)20(11-4-18(29-2)22(27)19(5-11)30-3)12-6-16-17(32-10-31-16)7-13(12)21(15)24-25-23/h4-8,14-15,20-21,27H,9-10H2,1-3H3/t14?,15-,20?,21?/m0/s1. The van der Waals surface area contributed by atoms with Gasteiger partial charge in [0.05, 0.1) is 26.9 Å². The molecule has 1 N–H and O–H groups in total. The predicted molar refractivity (Wildman–Crippen MR) is 112 cm³/mol. The zero-order chi connectivity index (χ0) is 22.8. The number of phenols is 1. The largest absolute Gasteiger partial charge is 0.502 e. The number of benzene rings is 2.